The van der Waals surface area contributed by atoms with Crippen molar-refractivity contribution >= 4 is 40.3 Å². The fraction of sp³-hybridized carbons (Fsp3) is 0.594. The number of aromatic nitrogens is 5. The standard InChI is InChI=1S/C32H42N10O3/c43-30-12-17-41(32(45)36-30)27-19-33-20-28-25(27)18-34-42(28)24-10-13-39(14-11-24)21-22-8-15-40(16-9-22)29-7-6-26(37-38-29)31(44)35-23-4-2-1-3-5-23/h6-7,18-20,22-24H,1-5,8-17,21H2,(H,35,44)(H,36,43,45). The minimum absolute atomic E-state index is 0.115. The van der Waals surface area contributed by atoms with Crippen LogP contribution in [0, 0.1) is 5.92 Å². The normalized spacial score (nSPS) is 21.3. The zero-order valence-electron chi connectivity index (χ0n) is 25.7. The first kappa shape index (κ1) is 29.6. The van der Waals surface area contributed by atoms with E-state index in [-0.39, 0.29) is 30.3 Å². The summed E-state index contributed by atoms with van der Waals surface area (Å²) in [5.74, 6) is 1.13. The van der Waals surface area contributed by atoms with Gasteiger partial charge in [-0.2, -0.15) is 5.10 Å². The Balaban J connectivity index is 0.884. The molecule has 3 aliphatic heterocycles. The monoisotopic (exact) mass is 614 g/mol. The van der Waals surface area contributed by atoms with Crippen LogP contribution in [-0.2, 0) is 4.79 Å². The molecule has 0 radical (unpaired) electrons. The molecule has 0 aromatic carbocycles. The zero-order chi connectivity index (χ0) is 30.8. The molecule has 3 saturated heterocycles. The molecule has 0 spiro atoms. The third kappa shape index (κ3) is 6.49. The van der Waals surface area contributed by atoms with E-state index in [9.17, 15) is 14.4 Å². The summed E-state index contributed by atoms with van der Waals surface area (Å²) in [7, 11) is 0. The number of hydrogen-bond acceptors (Lipinski definition) is 9. The van der Waals surface area contributed by atoms with Crippen molar-refractivity contribution in [3.63, 3.8) is 0 Å². The Kier molecular flexibility index (Phi) is 8.59. The van der Waals surface area contributed by atoms with E-state index in [0.29, 0.717) is 23.8 Å². The topological polar surface area (TPSA) is 141 Å². The largest absolute Gasteiger partial charge is 0.355 e. The Morgan fingerprint density at radius 3 is 2.42 bits per heavy atom. The van der Waals surface area contributed by atoms with Crippen LogP contribution < -0.4 is 20.4 Å². The molecular weight excluding hydrogens is 572 g/mol. The first-order valence-corrected chi connectivity index (χ1v) is 16.6. The smallest absolute Gasteiger partial charge is 0.328 e. The maximum Gasteiger partial charge on any atom is 0.328 e. The molecule has 13 nitrogen and oxygen atoms in total. The molecule has 0 atom stereocenters. The molecule has 0 unspecified atom stereocenters. The molecule has 4 amide bonds. The second-order valence-corrected chi connectivity index (χ2v) is 13.0. The summed E-state index contributed by atoms with van der Waals surface area (Å²) in [6, 6.07) is 3.88. The van der Waals surface area contributed by atoms with Crippen molar-refractivity contribution < 1.29 is 14.4 Å². The van der Waals surface area contributed by atoms with Gasteiger partial charge in [-0.15, -0.1) is 10.2 Å². The number of urea groups is 1. The van der Waals surface area contributed by atoms with Crippen molar-refractivity contribution in [2.75, 3.05) is 49.1 Å². The maximum atomic E-state index is 12.6. The molecule has 3 aromatic heterocycles. The van der Waals surface area contributed by atoms with Gasteiger partial charge in [0.05, 0.1) is 35.8 Å². The Hall–Kier alpha value is -4.13. The fourth-order valence-electron chi connectivity index (χ4n) is 7.42. The highest BCUT2D eigenvalue weighted by Crippen LogP contribution is 2.32. The number of carbonyl (C=O) groups excluding carboxylic acids is 3. The number of nitrogens with one attached hydrogen (secondary N) is 2. The third-order valence-corrected chi connectivity index (χ3v) is 10.0. The molecule has 2 N–H and O–H groups in total. The Morgan fingerprint density at radius 1 is 0.889 bits per heavy atom. The fourth-order valence-corrected chi connectivity index (χ4v) is 7.42. The summed E-state index contributed by atoms with van der Waals surface area (Å²) in [5, 5.41) is 19.8. The number of hydrogen-bond donors (Lipinski definition) is 2. The van der Waals surface area contributed by atoms with Gasteiger partial charge in [-0.05, 0) is 56.6 Å². The molecule has 0 bridgehead atoms. The molecule has 45 heavy (non-hydrogen) atoms. The summed E-state index contributed by atoms with van der Waals surface area (Å²) in [5.41, 5.74) is 2.01. The minimum atomic E-state index is -0.410. The molecule has 3 aromatic rings. The lowest BCUT2D eigenvalue weighted by molar-refractivity contribution is -0.120. The molecule has 1 saturated carbocycles. The van der Waals surface area contributed by atoms with E-state index >= 15 is 0 Å². The van der Waals surface area contributed by atoms with Crippen LogP contribution in [0.5, 0.6) is 0 Å². The van der Waals surface area contributed by atoms with Crippen LogP contribution in [0.25, 0.3) is 10.9 Å². The van der Waals surface area contributed by atoms with Crippen LogP contribution in [0.1, 0.15) is 80.7 Å². The number of anilines is 2. The average Bonchev–Trinajstić information content (AvgIpc) is 3.51. The number of likely N-dealkylation sites (tertiary alicyclic amines) is 1. The van der Waals surface area contributed by atoms with Crippen LogP contribution >= 0.6 is 0 Å². The second kappa shape index (κ2) is 13.1. The molecule has 6 heterocycles. The van der Waals surface area contributed by atoms with Gasteiger partial charge in [-0.3, -0.25) is 29.5 Å². The lowest BCUT2D eigenvalue weighted by atomic mass is 9.94. The SMILES string of the molecule is O=C1CCN(c2cncc3c2cnn3C2CCN(CC3CCN(c4ccc(C(=O)NC5CCCCC5)nn4)CC3)CC2)C(=O)N1. The van der Waals surface area contributed by atoms with E-state index in [2.05, 4.69) is 40.3 Å². The van der Waals surface area contributed by atoms with E-state index in [0.717, 1.165) is 88.0 Å². The van der Waals surface area contributed by atoms with Gasteiger partial charge in [0.15, 0.2) is 11.5 Å². The Morgan fingerprint density at radius 2 is 1.69 bits per heavy atom. The maximum absolute atomic E-state index is 12.6. The number of rotatable bonds is 7. The predicted octanol–water partition coefficient (Wildman–Crippen LogP) is 3.28. The van der Waals surface area contributed by atoms with E-state index in [1.54, 1.807) is 11.1 Å². The van der Waals surface area contributed by atoms with E-state index in [4.69, 9.17) is 5.10 Å². The van der Waals surface area contributed by atoms with Gasteiger partial charge in [0.25, 0.3) is 5.91 Å². The Bertz CT molecular complexity index is 1520. The second-order valence-electron chi connectivity index (χ2n) is 13.0. The van der Waals surface area contributed by atoms with Crippen LogP contribution in [-0.4, -0.2) is 93.0 Å². The highest BCUT2D eigenvalue weighted by atomic mass is 16.2. The molecule has 238 valence electrons. The highest BCUT2D eigenvalue weighted by molar-refractivity contribution is 6.09. The van der Waals surface area contributed by atoms with Crippen molar-refractivity contribution in [1.82, 2.24) is 40.5 Å². The summed E-state index contributed by atoms with van der Waals surface area (Å²) in [6.45, 7) is 5.37. The van der Waals surface area contributed by atoms with Crippen LogP contribution in [0.4, 0.5) is 16.3 Å². The number of carbonyl (C=O) groups is 3. The van der Waals surface area contributed by atoms with Gasteiger partial charge in [0, 0.05) is 57.1 Å². The minimum Gasteiger partial charge on any atom is -0.355 e. The highest BCUT2D eigenvalue weighted by Gasteiger charge is 2.30. The van der Waals surface area contributed by atoms with Crippen molar-refractivity contribution in [2.45, 2.75) is 76.3 Å². The number of fused-ring (bicyclic) bond motifs is 1. The van der Waals surface area contributed by atoms with Crippen molar-refractivity contribution in [2.24, 2.45) is 5.92 Å². The summed E-state index contributed by atoms with van der Waals surface area (Å²) < 4.78 is 2.07. The molecule has 13 heteroatoms. The molecular formula is C32H42N10O3. The summed E-state index contributed by atoms with van der Waals surface area (Å²) >= 11 is 0. The van der Waals surface area contributed by atoms with Gasteiger partial charge >= 0.3 is 6.03 Å². The first-order chi connectivity index (χ1) is 22.0. The number of pyridine rings is 1. The number of amides is 4. The van der Waals surface area contributed by atoms with Crippen LogP contribution in [0.3, 0.4) is 0 Å². The van der Waals surface area contributed by atoms with E-state index in [1.807, 2.05) is 24.5 Å². The summed E-state index contributed by atoms with van der Waals surface area (Å²) in [6.07, 6.45) is 15.6. The van der Waals surface area contributed by atoms with Gasteiger partial charge in [-0.1, -0.05) is 19.3 Å². The lowest BCUT2D eigenvalue weighted by Gasteiger charge is -2.38. The van der Waals surface area contributed by atoms with Crippen LogP contribution in [0.2, 0.25) is 0 Å². The first-order valence-electron chi connectivity index (χ1n) is 16.6. The predicted molar refractivity (Wildman–Crippen MR) is 169 cm³/mol. The number of piperidine rings is 2. The molecule has 7 rings (SSSR count). The van der Waals surface area contributed by atoms with E-state index < -0.39 is 6.03 Å². The molecule has 4 fully saturated rings. The van der Waals surface area contributed by atoms with Gasteiger partial charge in [-0.25, -0.2) is 4.79 Å². The zero-order valence-corrected chi connectivity index (χ0v) is 25.7. The van der Waals surface area contributed by atoms with Crippen molar-refractivity contribution in [1.29, 1.82) is 0 Å². The number of nitrogens with zero attached hydrogens (tertiary/aromatic N) is 8. The third-order valence-electron chi connectivity index (χ3n) is 10.0. The van der Waals surface area contributed by atoms with Crippen molar-refractivity contribution in [3.8, 4) is 0 Å². The van der Waals surface area contributed by atoms with Gasteiger partial charge < -0.3 is 15.1 Å². The van der Waals surface area contributed by atoms with E-state index in [1.165, 1.54) is 19.3 Å². The quantitative estimate of drug-likeness (QED) is 0.410. The number of imide groups is 1. The van der Waals surface area contributed by atoms with Gasteiger partial charge in [0.1, 0.15) is 0 Å². The Labute approximate surface area is 262 Å². The van der Waals surface area contributed by atoms with Gasteiger partial charge in [0.2, 0.25) is 5.91 Å². The van der Waals surface area contributed by atoms with Crippen molar-refractivity contribution in [3.05, 3.63) is 36.4 Å². The average molecular weight is 615 g/mol. The lowest BCUT2D eigenvalue weighted by Crippen LogP contribution is -2.49. The summed E-state index contributed by atoms with van der Waals surface area (Å²) in [4.78, 5) is 47.5. The molecule has 1 aliphatic carbocycles. The molecule has 4 aliphatic rings. The van der Waals surface area contributed by atoms with Crippen LogP contribution in [0.15, 0.2) is 30.7 Å².